The second kappa shape index (κ2) is 5.21. The van der Waals surface area contributed by atoms with E-state index in [-0.39, 0.29) is 11.5 Å². The molecule has 0 aromatic carbocycles. The van der Waals surface area contributed by atoms with Gasteiger partial charge in [-0.2, -0.15) is 18.3 Å². The Morgan fingerprint density at radius 2 is 1.97 bits per heavy atom. The highest BCUT2D eigenvalue weighted by Crippen LogP contribution is 2.67. The van der Waals surface area contributed by atoms with Gasteiger partial charge in [-0.25, -0.2) is 4.98 Å². The molecule has 3 saturated carbocycles. The molecule has 4 aliphatic rings. The lowest BCUT2D eigenvalue weighted by Crippen LogP contribution is -2.45. The van der Waals surface area contributed by atoms with Crippen LogP contribution in [0.3, 0.4) is 0 Å². The Hall–Kier alpha value is -2.36. The molecule has 3 aliphatic carbocycles. The van der Waals surface area contributed by atoms with Crippen LogP contribution < -0.4 is 0 Å². The van der Waals surface area contributed by atoms with Gasteiger partial charge in [-0.3, -0.25) is 9.48 Å². The molecule has 3 heterocycles. The summed E-state index contributed by atoms with van der Waals surface area (Å²) in [6, 6.07) is 1.47. The van der Waals surface area contributed by atoms with Crippen molar-refractivity contribution in [3.05, 3.63) is 23.8 Å². The molecule has 0 amide bonds. The first kappa shape index (κ1) is 18.7. The Bertz CT molecular complexity index is 1030. The average molecular weight is 410 g/mol. The molecule has 29 heavy (non-hydrogen) atoms. The molecule has 2 aromatic rings. The molecular formula is C19H21F3N4O3. The fourth-order valence-corrected chi connectivity index (χ4v) is 5.48. The molecule has 2 aromatic heterocycles. The Kier molecular flexibility index (Phi) is 3.35. The first-order chi connectivity index (χ1) is 13.4. The summed E-state index contributed by atoms with van der Waals surface area (Å²) in [6.45, 7) is 2.82. The van der Waals surface area contributed by atoms with Gasteiger partial charge in [0.1, 0.15) is 0 Å². The summed E-state index contributed by atoms with van der Waals surface area (Å²) in [5.74, 6) is -1.20. The van der Waals surface area contributed by atoms with Crippen molar-refractivity contribution >= 4 is 5.97 Å². The van der Waals surface area contributed by atoms with E-state index in [4.69, 9.17) is 5.10 Å². The van der Waals surface area contributed by atoms with Crippen LogP contribution in [0.15, 0.2) is 12.3 Å². The van der Waals surface area contributed by atoms with E-state index >= 15 is 0 Å². The maximum Gasteiger partial charge on any atom is 0.424 e. The largest absolute Gasteiger partial charge is 0.481 e. The fourth-order valence-electron chi connectivity index (χ4n) is 5.48. The van der Waals surface area contributed by atoms with E-state index in [1.165, 1.54) is 10.8 Å². The molecule has 156 valence electrons. The van der Waals surface area contributed by atoms with E-state index in [9.17, 15) is 28.2 Å². The maximum atomic E-state index is 13.4. The Balaban J connectivity index is 1.56. The number of carboxylic acid groups (broad SMARTS) is 1. The molecule has 7 nitrogen and oxygen atoms in total. The molecule has 0 spiro atoms. The van der Waals surface area contributed by atoms with Gasteiger partial charge in [0, 0.05) is 5.41 Å². The molecule has 2 N–H and O–H groups in total. The van der Waals surface area contributed by atoms with E-state index < -0.39 is 29.0 Å². The van der Waals surface area contributed by atoms with Crippen molar-refractivity contribution in [2.75, 3.05) is 0 Å². The number of aliphatic carboxylic acids is 1. The molecule has 2 atom stereocenters. The van der Waals surface area contributed by atoms with Crippen LogP contribution in [0.1, 0.15) is 57.1 Å². The summed E-state index contributed by atoms with van der Waals surface area (Å²) in [5.41, 5.74) is -2.07. The number of aliphatic hydroxyl groups is 1. The first-order valence-electron chi connectivity index (χ1n) is 9.59. The van der Waals surface area contributed by atoms with Gasteiger partial charge in [0.15, 0.2) is 5.82 Å². The van der Waals surface area contributed by atoms with Crippen LogP contribution in [-0.4, -0.2) is 41.7 Å². The summed E-state index contributed by atoms with van der Waals surface area (Å²) < 4.78 is 43.4. The SMILES string of the molecule is C[C@H]1Cn2nc(C34CCC(C(=O)O)(C3)C4)cc2-c2cnc([C@@](C)(O)C(F)(F)F)n21. The molecule has 10 heteroatoms. The predicted octanol–water partition coefficient (Wildman–Crippen LogP) is 2.99. The number of alkyl halides is 3. The number of rotatable bonds is 3. The van der Waals surface area contributed by atoms with Crippen molar-refractivity contribution in [3.8, 4) is 11.4 Å². The molecule has 6 rings (SSSR count). The molecule has 3 fully saturated rings. The highest BCUT2D eigenvalue weighted by molar-refractivity contribution is 5.78. The van der Waals surface area contributed by atoms with Gasteiger partial charge in [0.2, 0.25) is 5.60 Å². The lowest BCUT2D eigenvalue weighted by Gasteiger charge is -2.43. The monoisotopic (exact) mass is 410 g/mol. The summed E-state index contributed by atoms with van der Waals surface area (Å²) in [7, 11) is 0. The Labute approximate surface area is 164 Å². The van der Waals surface area contributed by atoms with Crippen LogP contribution in [0.2, 0.25) is 0 Å². The third-order valence-electron chi connectivity index (χ3n) is 7.14. The Morgan fingerprint density at radius 3 is 2.55 bits per heavy atom. The zero-order valence-electron chi connectivity index (χ0n) is 16.0. The third kappa shape index (κ3) is 2.20. The van der Waals surface area contributed by atoms with Gasteiger partial charge in [0.25, 0.3) is 0 Å². The minimum Gasteiger partial charge on any atom is -0.481 e. The average Bonchev–Trinajstić information content (AvgIpc) is 3.32. The van der Waals surface area contributed by atoms with Crippen molar-refractivity contribution in [2.45, 2.75) is 69.3 Å². The highest BCUT2D eigenvalue weighted by atomic mass is 19.4. The minimum atomic E-state index is -4.85. The number of carboxylic acids is 1. The van der Waals surface area contributed by atoms with Crippen molar-refractivity contribution in [2.24, 2.45) is 5.41 Å². The van der Waals surface area contributed by atoms with E-state index in [0.717, 1.165) is 12.1 Å². The third-order valence-corrected chi connectivity index (χ3v) is 7.14. The van der Waals surface area contributed by atoms with Gasteiger partial charge in [0.05, 0.1) is 41.3 Å². The summed E-state index contributed by atoms with van der Waals surface area (Å²) >= 11 is 0. The standard InChI is InChI=1S/C19H21F3N4O3/c1-10-7-25-11(12-6-23-14(26(10)12)16(2,29)19(20,21)22)5-13(24-25)17-3-4-18(8-17,9-17)15(27)28/h5-6,10,29H,3-4,7-9H2,1-2H3,(H,27,28)/t10-,16+,17?,18?/m0/s1. The molecule has 2 bridgehead atoms. The van der Waals surface area contributed by atoms with Gasteiger partial charge in [-0.05, 0) is 45.6 Å². The van der Waals surface area contributed by atoms with Gasteiger partial charge < -0.3 is 14.8 Å². The molecule has 0 saturated heterocycles. The molecule has 0 radical (unpaired) electrons. The van der Waals surface area contributed by atoms with Crippen LogP contribution in [-0.2, 0) is 22.4 Å². The quantitative estimate of drug-likeness (QED) is 0.812. The van der Waals surface area contributed by atoms with Crippen LogP contribution in [0.4, 0.5) is 13.2 Å². The minimum absolute atomic E-state index is 0.267. The highest BCUT2D eigenvalue weighted by Gasteiger charge is 2.66. The van der Waals surface area contributed by atoms with E-state index in [1.807, 2.05) is 6.07 Å². The number of halogens is 3. The molecule has 1 aliphatic heterocycles. The number of nitrogens with zero attached hydrogens (tertiary/aromatic N) is 4. The van der Waals surface area contributed by atoms with Crippen LogP contribution in [0, 0.1) is 5.41 Å². The van der Waals surface area contributed by atoms with Gasteiger partial charge >= 0.3 is 12.1 Å². The second-order valence-corrected chi connectivity index (χ2v) is 9.07. The summed E-state index contributed by atoms with van der Waals surface area (Å²) in [6.07, 6.45) is -1.04. The van der Waals surface area contributed by atoms with Crippen molar-refractivity contribution in [1.29, 1.82) is 0 Å². The number of carbonyl (C=O) groups is 1. The number of imidazole rings is 1. The number of fused-ring (bicyclic) bond motifs is 4. The fraction of sp³-hybridized carbons (Fsp3) is 0.632. The lowest BCUT2D eigenvalue weighted by atomic mass is 9.59. The lowest BCUT2D eigenvalue weighted by molar-refractivity contribution is -0.262. The van der Waals surface area contributed by atoms with E-state index in [2.05, 4.69) is 4.98 Å². The van der Waals surface area contributed by atoms with E-state index in [1.54, 1.807) is 11.6 Å². The van der Waals surface area contributed by atoms with Crippen LogP contribution in [0.5, 0.6) is 0 Å². The second-order valence-electron chi connectivity index (χ2n) is 9.07. The van der Waals surface area contributed by atoms with Crippen molar-refractivity contribution < 1.29 is 28.2 Å². The van der Waals surface area contributed by atoms with Crippen molar-refractivity contribution in [3.63, 3.8) is 0 Å². The van der Waals surface area contributed by atoms with E-state index in [0.29, 0.717) is 44.1 Å². The van der Waals surface area contributed by atoms with Crippen LogP contribution in [0.25, 0.3) is 11.4 Å². The number of aromatic nitrogens is 4. The smallest absolute Gasteiger partial charge is 0.424 e. The zero-order valence-corrected chi connectivity index (χ0v) is 16.0. The molecule has 0 unspecified atom stereocenters. The predicted molar refractivity (Wildman–Crippen MR) is 94.0 cm³/mol. The Morgan fingerprint density at radius 1 is 1.28 bits per heavy atom. The first-order valence-corrected chi connectivity index (χ1v) is 9.59. The number of hydrogen-bond donors (Lipinski definition) is 2. The van der Waals surface area contributed by atoms with Crippen LogP contribution >= 0.6 is 0 Å². The maximum absolute atomic E-state index is 13.4. The normalized spacial score (nSPS) is 32.3. The topological polar surface area (TPSA) is 93.2 Å². The summed E-state index contributed by atoms with van der Waals surface area (Å²) in [4.78, 5) is 15.5. The molecular weight excluding hydrogens is 389 g/mol. The van der Waals surface area contributed by atoms with Crippen molar-refractivity contribution in [1.82, 2.24) is 19.3 Å². The van der Waals surface area contributed by atoms with Gasteiger partial charge in [-0.1, -0.05) is 0 Å². The number of hydrogen-bond acceptors (Lipinski definition) is 4. The zero-order chi connectivity index (χ0) is 21.0. The summed E-state index contributed by atoms with van der Waals surface area (Å²) in [5, 5.41) is 24.3. The van der Waals surface area contributed by atoms with Gasteiger partial charge in [-0.15, -0.1) is 0 Å².